The van der Waals surface area contributed by atoms with Crippen LogP contribution in [0.2, 0.25) is 0 Å². The number of piperazine rings is 1. The van der Waals surface area contributed by atoms with Crippen LogP contribution >= 0.6 is 11.8 Å². The van der Waals surface area contributed by atoms with Crippen LogP contribution in [0.25, 0.3) is 0 Å². The third-order valence-electron chi connectivity index (χ3n) is 6.44. The molecule has 3 aliphatic rings. The Morgan fingerprint density at radius 2 is 1.77 bits per heavy atom. The zero-order chi connectivity index (χ0) is 21.1. The molecule has 2 fully saturated rings. The summed E-state index contributed by atoms with van der Waals surface area (Å²) in [6.07, 6.45) is 3.68. The van der Waals surface area contributed by atoms with Gasteiger partial charge in [0.1, 0.15) is 5.54 Å². The molecule has 1 saturated carbocycles. The molecule has 0 radical (unpaired) electrons. The number of nitrogens with zero attached hydrogens (tertiary/aromatic N) is 3. The van der Waals surface area contributed by atoms with Crippen molar-refractivity contribution in [2.45, 2.75) is 43.7 Å². The van der Waals surface area contributed by atoms with Crippen LogP contribution in [0.4, 0.5) is 0 Å². The lowest BCUT2D eigenvalue weighted by Crippen LogP contribution is -2.55. The Kier molecular flexibility index (Phi) is 6.34. The molecule has 1 saturated heterocycles. The van der Waals surface area contributed by atoms with E-state index in [9.17, 15) is 14.7 Å². The summed E-state index contributed by atoms with van der Waals surface area (Å²) >= 11 is 1.80. The highest BCUT2D eigenvalue weighted by molar-refractivity contribution is 8.14. The van der Waals surface area contributed by atoms with E-state index in [1.165, 1.54) is 0 Å². The molecule has 1 amide bonds. The van der Waals surface area contributed by atoms with E-state index in [1.54, 1.807) is 23.9 Å². The summed E-state index contributed by atoms with van der Waals surface area (Å²) in [6, 6.07) is 7.58. The van der Waals surface area contributed by atoms with Gasteiger partial charge in [-0.1, -0.05) is 43.2 Å². The van der Waals surface area contributed by atoms with Crippen LogP contribution < -0.4 is 5.32 Å². The smallest absolute Gasteiger partial charge is 0.329 e. The molecule has 2 aliphatic heterocycles. The molecule has 2 heterocycles. The van der Waals surface area contributed by atoms with Crippen molar-refractivity contribution < 1.29 is 14.7 Å². The van der Waals surface area contributed by atoms with Gasteiger partial charge in [-0.3, -0.25) is 9.79 Å². The summed E-state index contributed by atoms with van der Waals surface area (Å²) in [6.45, 7) is 4.15. The van der Waals surface area contributed by atoms with Crippen LogP contribution in [0, 0.1) is 0 Å². The average Bonchev–Trinajstić information content (AvgIpc) is 3.25. The van der Waals surface area contributed by atoms with E-state index in [2.05, 4.69) is 22.2 Å². The number of rotatable bonds is 4. The molecule has 0 aromatic heterocycles. The number of benzene rings is 1. The van der Waals surface area contributed by atoms with Crippen LogP contribution in [-0.4, -0.2) is 76.5 Å². The first-order valence-corrected chi connectivity index (χ1v) is 11.8. The van der Waals surface area contributed by atoms with Gasteiger partial charge in [-0.15, -0.1) is 0 Å². The predicted molar refractivity (Wildman–Crippen MR) is 119 cm³/mol. The Balaban J connectivity index is 1.40. The number of thioether (sulfide) groups is 1. The number of aliphatic imine (C=N–C) groups is 1. The number of amidine groups is 1. The molecule has 0 bridgehead atoms. The number of hydrogen-bond donors (Lipinski definition) is 2. The summed E-state index contributed by atoms with van der Waals surface area (Å²) in [4.78, 5) is 34.1. The summed E-state index contributed by atoms with van der Waals surface area (Å²) in [7, 11) is 2.15. The Labute approximate surface area is 181 Å². The molecule has 8 heteroatoms. The van der Waals surface area contributed by atoms with Crippen molar-refractivity contribution in [3.8, 4) is 0 Å². The lowest BCUT2D eigenvalue weighted by atomic mass is 9.81. The standard InChI is InChI=1S/C22H30N4O3S/c1-25-11-13-26(14-12-25)21-23-18(15-30-21)16-5-7-17(8-6-16)19(27)24-22(20(28)29)9-3-2-4-10-22/h5-8,18H,2-4,9-15H2,1H3,(H,24,27)(H,28,29). The highest BCUT2D eigenvalue weighted by Crippen LogP contribution is 2.32. The molecule has 7 nitrogen and oxygen atoms in total. The second-order valence-electron chi connectivity index (χ2n) is 8.55. The van der Waals surface area contributed by atoms with Gasteiger partial charge in [0.15, 0.2) is 5.17 Å². The predicted octanol–water partition coefficient (Wildman–Crippen LogP) is 2.60. The first-order chi connectivity index (χ1) is 14.5. The Morgan fingerprint density at radius 3 is 2.40 bits per heavy atom. The van der Waals surface area contributed by atoms with Crippen molar-refractivity contribution in [2.75, 3.05) is 39.0 Å². The SMILES string of the molecule is CN1CCN(C2=NC(c3ccc(C(=O)NC4(C(=O)O)CCCCC4)cc3)CS2)CC1. The summed E-state index contributed by atoms with van der Waals surface area (Å²) < 4.78 is 0. The zero-order valence-electron chi connectivity index (χ0n) is 17.5. The number of carbonyl (C=O) groups excluding carboxylic acids is 1. The number of aliphatic carboxylic acids is 1. The van der Waals surface area contributed by atoms with Gasteiger partial charge >= 0.3 is 5.97 Å². The average molecular weight is 431 g/mol. The van der Waals surface area contributed by atoms with Crippen LogP contribution in [-0.2, 0) is 4.79 Å². The van der Waals surface area contributed by atoms with Crippen molar-refractivity contribution in [2.24, 2.45) is 4.99 Å². The molecule has 1 aromatic carbocycles. The summed E-state index contributed by atoms with van der Waals surface area (Å²) in [5.41, 5.74) is 0.463. The first kappa shape index (κ1) is 21.2. The number of likely N-dealkylation sites (N-methyl/N-ethyl adjacent to an activating group) is 1. The summed E-state index contributed by atoms with van der Waals surface area (Å²) in [5, 5.41) is 13.6. The molecule has 1 aliphatic carbocycles. The Hall–Kier alpha value is -2.06. The molecule has 1 atom stereocenters. The topological polar surface area (TPSA) is 85.2 Å². The second kappa shape index (κ2) is 8.98. The third-order valence-corrected chi connectivity index (χ3v) is 7.54. The quantitative estimate of drug-likeness (QED) is 0.764. The van der Waals surface area contributed by atoms with Gasteiger partial charge in [0, 0.05) is 37.5 Å². The molecule has 1 aromatic rings. The van der Waals surface area contributed by atoms with E-state index in [4.69, 9.17) is 4.99 Å². The number of hydrogen-bond acceptors (Lipinski definition) is 6. The molecule has 1 unspecified atom stereocenters. The Morgan fingerprint density at radius 1 is 1.10 bits per heavy atom. The molecule has 162 valence electrons. The number of carboxylic acid groups (broad SMARTS) is 1. The lowest BCUT2D eigenvalue weighted by Gasteiger charge is -2.34. The van der Waals surface area contributed by atoms with Crippen LogP contribution in [0.1, 0.15) is 54.1 Å². The molecular weight excluding hydrogens is 400 g/mol. The highest BCUT2D eigenvalue weighted by Gasteiger charge is 2.41. The van der Waals surface area contributed by atoms with Gasteiger partial charge in [-0.05, 0) is 37.6 Å². The molecule has 0 spiro atoms. The maximum Gasteiger partial charge on any atom is 0.329 e. The van der Waals surface area contributed by atoms with E-state index in [-0.39, 0.29) is 11.9 Å². The van der Waals surface area contributed by atoms with Crippen molar-refractivity contribution >= 4 is 28.8 Å². The van der Waals surface area contributed by atoms with Crippen molar-refractivity contribution in [3.05, 3.63) is 35.4 Å². The molecule has 30 heavy (non-hydrogen) atoms. The maximum atomic E-state index is 12.7. The van der Waals surface area contributed by atoms with Gasteiger partial charge < -0.3 is 20.2 Å². The fourth-order valence-corrected chi connectivity index (χ4v) is 5.54. The highest BCUT2D eigenvalue weighted by atomic mass is 32.2. The minimum Gasteiger partial charge on any atom is -0.480 e. The summed E-state index contributed by atoms with van der Waals surface area (Å²) in [5.74, 6) is -0.329. The fraction of sp³-hybridized carbons (Fsp3) is 0.591. The molecule has 4 rings (SSSR count). The maximum absolute atomic E-state index is 12.7. The van der Waals surface area contributed by atoms with Gasteiger partial charge in [-0.2, -0.15) is 0 Å². The monoisotopic (exact) mass is 430 g/mol. The zero-order valence-corrected chi connectivity index (χ0v) is 18.3. The number of carboxylic acids is 1. The van der Waals surface area contributed by atoms with E-state index in [0.717, 1.165) is 61.9 Å². The van der Waals surface area contributed by atoms with Crippen LogP contribution in [0.3, 0.4) is 0 Å². The largest absolute Gasteiger partial charge is 0.480 e. The second-order valence-corrected chi connectivity index (χ2v) is 9.54. The van der Waals surface area contributed by atoms with Crippen molar-refractivity contribution in [3.63, 3.8) is 0 Å². The lowest BCUT2D eigenvalue weighted by molar-refractivity contribution is -0.145. The van der Waals surface area contributed by atoms with Crippen molar-refractivity contribution in [1.29, 1.82) is 0 Å². The van der Waals surface area contributed by atoms with E-state index in [0.29, 0.717) is 18.4 Å². The van der Waals surface area contributed by atoms with Crippen LogP contribution in [0.15, 0.2) is 29.3 Å². The van der Waals surface area contributed by atoms with Gasteiger partial charge in [0.05, 0.1) is 6.04 Å². The van der Waals surface area contributed by atoms with E-state index in [1.807, 2.05) is 12.1 Å². The van der Waals surface area contributed by atoms with Gasteiger partial charge in [0.25, 0.3) is 5.91 Å². The fourth-order valence-electron chi connectivity index (χ4n) is 4.40. The minimum absolute atomic E-state index is 0.102. The minimum atomic E-state index is -1.13. The number of nitrogens with one attached hydrogen (secondary N) is 1. The van der Waals surface area contributed by atoms with Crippen molar-refractivity contribution in [1.82, 2.24) is 15.1 Å². The van der Waals surface area contributed by atoms with Crippen LogP contribution in [0.5, 0.6) is 0 Å². The molecular formula is C22H30N4O3S. The van der Waals surface area contributed by atoms with E-state index < -0.39 is 11.5 Å². The number of amides is 1. The van der Waals surface area contributed by atoms with Gasteiger partial charge in [-0.25, -0.2) is 4.79 Å². The molecule has 2 N–H and O–H groups in total. The van der Waals surface area contributed by atoms with Gasteiger partial charge in [0.2, 0.25) is 0 Å². The normalized spacial score (nSPS) is 24.4. The third kappa shape index (κ3) is 4.49. The number of carbonyl (C=O) groups is 2. The first-order valence-electron chi connectivity index (χ1n) is 10.8. The Bertz CT molecular complexity index is 812. The van der Waals surface area contributed by atoms with E-state index >= 15 is 0 Å².